The maximum absolute atomic E-state index is 12.5. The van der Waals surface area contributed by atoms with Gasteiger partial charge >= 0.3 is 12.0 Å². The second-order valence-electron chi connectivity index (χ2n) is 5.97. The molecule has 1 heterocycles. The van der Waals surface area contributed by atoms with Crippen LogP contribution >= 0.6 is 0 Å². The van der Waals surface area contributed by atoms with Crippen molar-refractivity contribution < 1.29 is 23.9 Å². The van der Waals surface area contributed by atoms with Crippen molar-refractivity contribution in [3.8, 4) is 0 Å². The number of urea groups is 1. The summed E-state index contributed by atoms with van der Waals surface area (Å²) in [5.41, 5.74) is -0.0252. The number of ether oxygens (including phenoxy) is 1. The molecule has 25 heavy (non-hydrogen) atoms. The number of carbonyl (C=O) groups excluding carboxylic acids is 4. The zero-order valence-electron chi connectivity index (χ0n) is 14.2. The van der Waals surface area contributed by atoms with Crippen molar-refractivity contribution >= 4 is 23.8 Å². The number of imide groups is 1. The number of benzene rings is 1. The maximum Gasteiger partial charge on any atom is 0.326 e. The number of nitrogens with one attached hydrogen (secondary N) is 2. The third-order valence-corrected chi connectivity index (χ3v) is 4.03. The van der Waals surface area contributed by atoms with Crippen LogP contribution < -0.4 is 10.6 Å². The van der Waals surface area contributed by atoms with Gasteiger partial charge in [0, 0.05) is 7.05 Å². The van der Waals surface area contributed by atoms with Crippen molar-refractivity contribution in [3.05, 3.63) is 35.9 Å². The zero-order valence-corrected chi connectivity index (χ0v) is 14.2. The van der Waals surface area contributed by atoms with Crippen LogP contribution in [-0.4, -0.2) is 54.5 Å². The molecule has 2 N–H and O–H groups in total. The second kappa shape index (κ2) is 7.78. The smallest absolute Gasteiger partial charge is 0.326 e. The summed E-state index contributed by atoms with van der Waals surface area (Å²) in [6.45, 7) is 0.652. The second-order valence-corrected chi connectivity index (χ2v) is 5.97. The summed E-state index contributed by atoms with van der Waals surface area (Å²) in [7, 11) is 1.41. The van der Waals surface area contributed by atoms with Crippen LogP contribution in [0.3, 0.4) is 0 Å². The quantitative estimate of drug-likeness (QED) is 0.542. The maximum atomic E-state index is 12.5. The van der Waals surface area contributed by atoms with Gasteiger partial charge in [0.1, 0.15) is 12.1 Å². The lowest BCUT2D eigenvalue weighted by molar-refractivity contribution is -0.151. The SMILES string of the molecule is CNC(=O)COC(=O)CN1C(=O)N[C@](C)(CCc2ccccc2)C1=O. The highest BCUT2D eigenvalue weighted by Crippen LogP contribution is 2.23. The van der Waals surface area contributed by atoms with E-state index in [2.05, 4.69) is 10.6 Å². The number of likely N-dealkylation sites (N-methyl/N-ethyl adjacent to an activating group) is 1. The van der Waals surface area contributed by atoms with Crippen molar-refractivity contribution in [2.45, 2.75) is 25.3 Å². The third kappa shape index (κ3) is 4.56. The molecule has 1 fully saturated rings. The number of hydrogen-bond acceptors (Lipinski definition) is 5. The van der Waals surface area contributed by atoms with Gasteiger partial charge in [-0.15, -0.1) is 0 Å². The van der Waals surface area contributed by atoms with E-state index in [-0.39, 0.29) is 0 Å². The Labute approximate surface area is 145 Å². The van der Waals surface area contributed by atoms with Crippen molar-refractivity contribution in [2.75, 3.05) is 20.2 Å². The predicted octanol–water partition coefficient (Wildman–Crippen LogP) is 0.219. The van der Waals surface area contributed by atoms with Crippen LogP contribution in [0.1, 0.15) is 18.9 Å². The molecule has 1 saturated heterocycles. The number of hydrogen-bond donors (Lipinski definition) is 2. The van der Waals surface area contributed by atoms with E-state index in [1.54, 1.807) is 6.92 Å². The van der Waals surface area contributed by atoms with E-state index >= 15 is 0 Å². The predicted molar refractivity (Wildman–Crippen MR) is 88.4 cm³/mol. The number of esters is 1. The molecule has 2 rings (SSSR count). The molecule has 8 nitrogen and oxygen atoms in total. The van der Waals surface area contributed by atoms with Crippen molar-refractivity contribution in [3.63, 3.8) is 0 Å². The first kappa shape index (κ1) is 18.4. The molecule has 0 radical (unpaired) electrons. The summed E-state index contributed by atoms with van der Waals surface area (Å²) in [6, 6.07) is 8.96. The van der Waals surface area contributed by atoms with Gasteiger partial charge in [-0.1, -0.05) is 30.3 Å². The molecule has 0 aromatic heterocycles. The lowest BCUT2D eigenvalue weighted by atomic mass is 9.93. The minimum Gasteiger partial charge on any atom is -0.454 e. The van der Waals surface area contributed by atoms with Gasteiger partial charge in [-0.2, -0.15) is 0 Å². The molecule has 1 atom stereocenters. The molecule has 0 spiro atoms. The first-order valence-corrected chi connectivity index (χ1v) is 7.90. The summed E-state index contributed by atoms with van der Waals surface area (Å²) in [5.74, 6) is -1.78. The summed E-state index contributed by atoms with van der Waals surface area (Å²) in [4.78, 5) is 48.2. The van der Waals surface area contributed by atoms with Gasteiger partial charge < -0.3 is 15.4 Å². The Morgan fingerprint density at radius 1 is 1.24 bits per heavy atom. The molecule has 1 aliphatic heterocycles. The van der Waals surface area contributed by atoms with Gasteiger partial charge in [-0.3, -0.25) is 19.3 Å². The number of aryl methyl sites for hydroxylation is 1. The highest BCUT2D eigenvalue weighted by Gasteiger charge is 2.48. The average molecular weight is 347 g/mol. The van der Waals surface area contributed by atoms with Crippen molar-refractivity contribution in [2.24, 2.45) is 0 Å². The Kier molecular flexibility index (Phi) is 5.74. The highest BCUT2D eigenvalue weighted by molar-refractivity contribution is 6.08. The van der Waals surface area contributed by atoms with Gasteiger partial charge in [0.2, 0.25) is 0 Å². The molecule has 0 aliphatic carbocycles. The normalized spacial score (nSPS) is 19.5. The molecular formula is C17H21N3O5. The van der Waals surface area contributed by atoms with Gasteiger partial charge in [-0.05, 0) is 25.3 Å². The van der Waals surface area contributed by atoms with Gasteiger partial charge in [0.25, 0.3) is 11.8 Å². The fraction of sp³-hybridized carbons (Fsp3) is 0.412. The molecule has 8 heteroatoms. The van der Waals surface area contributed by atoms with Crippen molar-refractivity contribution in [1.82, 2.24) is 15.5 Å². The molecule has 0 unspecified atom stereocenters. The van der Waals surface area contributed by atoms with Crippen LogP contribution in [0, 0.1) is 0 Å². The number of nitrogens with zero attached hydrogens (tertiary/aromatic N) is 1. The standard InChI is InChI=1S/C17H21N3O5/c1-17(9-8-12-6-4-3-5-7-12)15(23)20(16(24)19-17)10-14(22)25-11-13(21)18-2/h3-7H,8-11H2,1-2H3,(H,18,21)(H,19,24)/t17-/m1/s1. The Hall–Kier alpha value is -2.90. The average Bonchev–Trinajstić information content (AvgIpc) is 2.82. The number of carbonyl (C=O) groups is 4. The third-order valence-electron chi connectivity index (χ3n) is 4.03. The molecule has 0 bridgehead atoms. The Morgan fingerprint density at radius 2 is 1.92 bits per heavy atom. The van der Waals surface area contributed by atoms with E-state index in [1.165, 1.54) is 7.05 Å². The van der Waals surface area contributed by atoms with E-state index in [4.69, 9.17) is 4.74 Å². The van der Waals surface area contributed by atoms with E-state index in [0.29, 0.717) is 12.8 Å². The first-order chi connectivity index (χ1) is 11.9. The lowest BCUT2D eigenvalue weighted by Crippen LogP contribution is -2.44. The van der Waals surface area contributed by atoms with Gasteiger partial charge in [-0.25, -0.2) is 4.79 Å². The van der Waals surface area contributed by atoms with E-state index in [0.717, 1.165) is 10.5 Å². The van der Waals surface area contributed by atoms with Crippen LogP contribution in [0.5, 0.6) is 0 Å². The molecule has 1 aromatic rings. The summed E-state index contributed by atoms with van der Waals surface area (Å²) < 4.78 is 4.73. The summed E-state index contributed by atoms with van der Waals surface area (Å²) >= 11 is 0. The minimum absolute atomic E-state index is 0.408. The van der Waals surface area contributed by atoms with Crippen molar-refractivity contribution in [1.29, 1.82) is 0 Å². The summed E-state index contributed by atoms with van der Waals surface area (Å²) in [6.07, 6.45) is 1.02. The Bertz CT molecular complexity index is 676. The number of rotatable bonds is 7. The molecule has 0 saturated carbocycles. The molecule has 134 valence electrons. The van der Waals surface area contributed by atoms with Crippen LogP contribution in [-0.2, 0) is 25.5 Å². The van der Waals surface area contributed by atoms with E-state index in [1.807, 2.05) is 30.3 Å². The highest BCUT2D eigenvalue weighted by atomic mass is 16.5. The monoisotopic (exact) mass is 347 g/mol. The van der Waals surface area contributed by atoms with E-state index < -0.39 is 42.5 Å². The molecule has 4 amide bonds. The zero-order chi connectivity index (χ0) is 18.4. The van der Waals surface area contributed by atoms with Gasteiger partial charge in [0.15, 0.2) is 6.61 Å². The number of amides is 4. The molecule has 1 aliphatic rings. The van der Waals surface area contributed by atoms with Crippen LogP contribution in [0.25, 0.3) is 0 Å². The summed E-state index contributed by atoms with van der Waals surface area (Å²) in [5, 5.41) is 4.93. The molecule has 1 aromatic carbocycles. The lowest BCUT2D eigenvalue weighted by Gasteiger charge is -2.21. The Balaban J connectivity index is 1.93. The van der Waals surface area contributed by atoms with E-state index in [9.17, 15) is 19.2 Å². The van der Waals surface area contributed by atoms with Crippen LogP contribution in [0.4, 0.5) is 4.79 Å². The Morgan fingerprint density at radius 3 is 2.56 bits per heavy atom. The minimum atomic E-state index is -1.08. The topological polar surface area (TPSA) is 105 Å². The largest absolute Gasteiger partial charge is 0.454 e. The molecular weight excluding hydrogens is 326 g/mol. The first-order valence-electron chi connectivity index (χ1n) is 7.90. The van der Waals surface area contributed by atoms with Crippen LogP contribution in [0.15, 0.2) is 30.3 Å². The van der Waals surface area contributed by atoms with Gasteiger partial charge in [0.05, 0.1) is 0 Å². The fourth-order valence-corrected chi connectivity index (χ4v) is 2.49. The van der Waals surface area contributed by atoms with Crippen LogP contribution in [0.2, 0.25) is 0 Å². The fourth-order valence-electron chi connectivity index (χ4n) is 2.49.